The second kappa shape index (κ2) is 12.6. The van der Waals surface area contributed by atoms with Crippen molar-refractivity contribution in [3.05, 3.63) is 0 Å². The molecule has 0 amide bonds. The molecule has 0 spiro atoms. The standard InChI is InChI=1S/Cr.K.H2O4S.2H2O.H/c;;1-5(2,3)4;;;/h;;(H2,1,2,3,4);2*1H2;/q;+1;;;;-1. The van der Waals surface area contributed by atoms with Gasteiger partial charge in [-0.25, -0.2) is 0 Å². The van der Waals surface area contributed by atoms with Crippen LogP contribution in [-0.2, 0) is 27.8 Å². The molecule has 9 heteroatoms. The van der Waals surface area contributed by atoms with E-state index in [0.717, 1.165) is 0 Å². The summed E-state index contributed by atoms with van der Waals surface area (Å²) in [4.78, 5) is 0. The van der Waals surface area contributed by atoms with Crippen LogP contribution in [0.25, 0.3) is 0 Å². The molecule has 9 heavy (non-hydrogen) atoms. The summed E-state index contributed by atoms with van der Waals surface area (Å²) in [6.45, 7) is 0. The molecule has 0 aliphatic carbocycles. The minimum atomic E-state index is -4.67. The molecule has 56 valence electrons. The topological polar surface area (TPSA) is 138 Å². The van der Waals surface area contributed by atoms with Crippen LogP contribution in [0.5, 0.6) is 0 Å². The Bertz CT molecular complexity index is 101. The zero-order chi connectivity index (χ0) is 4.50. The van der Waals surface area contributed by atoms with E-state index in [1.54, 1.807) is 0 Å². The van der Waals surface area contributed by atoms with Crippen molar-refractivity contribution in [2.75, 3.05) is 0 Å². The van der Waals surface area contributed by atoms with Crippen LogP contribution in [0.15, 0.2) is 0 Å². The van der Waals surface area contributed by atoms with Crippen molar-refractivity contribution in [3.63, 3.8) is 0 Å². The van der Waals surface area contributed by atoms with Crippen LogP contribution in [0, 0.1) is 0 Å². The van der Waals surface area contributed by atoms with E-state index in [-0.39, 0.29) is 81.1 Å². The van der Waals surface area contributed by atoms with E-state index in [1.807, 2.05) is 0 Å². The van der Waals surface area contributed by atoms with Crippen molar-refractivity contribution in [2.24, 2.45) is 0 Å². The summed E-state index contributed by atoms with van der Waals surface area (Å²) in [6.07, 6.45) is 0. The van der Waals surface area contributed by atoms with Crippen molar-refractivity contribution in [1.82, 2.24) is 0 Å². The van der Waals surface area contributed by atoms with Gasteiger partial charge in [-0.3, -0.25) is 9.11 Å². The number of rotatable bonds is 0. The smallest absolute Gasteiger partial charge is 1.00 e. The molecule has 6 N–H and O–H groups in total. The Morgan fingerprint density at radius 1 is 1.11 bits per heavy atom. The summed E-state index contributed by atoms with van der Waals surface area (Å²) in [5, 5.41) is 0. The Labute approximate surface area is 107 Å². The SMILES string of the molecule is O.O.O=S(=O)(O)O.[Cr].[H-].[K+]. The molecule has 0 aliphatic heterocycles. The molecule has 0 aromatic rings. The fraction of sp³-hybridized carbons (Fsp3) is 0. The molecule has 0 fully saturated rings. The second-order valence-corrected chi connectivity index (χ2v) is 1.34. The first-order valence-corrected chi connectivity index (χ1v) is 2.10. The molecule has 0 radical (unpaired) electrons. The number of hydrogen-bond acceptors (Lipinski definition) is 2. The maximum atomic E-state index is 8.74. The van der Waals surface area contributed by atoms with E-state index >= 15 is 0 Å². The molecule has 0 saturated heterocycles. The van der Waals surface area contributed by atoms with Gasteiger partial charge >= 0.3 is 61.8 Å². The Morgan fingerprint density at radius 3 is 1.11 bits per heavy atom. The van der Waals surface area contributed by atoms with Gasteiger partial charge in [-0.1, -0.05) is 0 Å². The fourth-order valence-electron chi connectivity index (χ4n) is 0. The second-order valence-electron chi connectivity index (χ2n) is 0.448. The third-order valence-electron chi connectivity index (χ3n) is 0. The average Bonchev–Trinajstić information content (AvgIpc) is 0.722. The Kier molecular flexibility index (Phi) is 42.9. The van der Waals surface area contributed by atoms with Gasteiger partial charge in [-0.2, -0.15) is 8.42 Å². The van der Waals surface area contributed by atoms with Crippen LogP contribution in [0.4, 0.5) is 0 Å². The molecule has 0 aromatic carbocycles. The molecule has 0 aliphatic rings. The van der Waals surface area contributed by atoms with Gasteiger partial charge in [-0.05, 0) is 0 Å². The number of hydrogen-bond donors (Lipinski definition) is 2. The Balaban J connectivity index is -0.00000000800. The molecule has 0 atom stereocenters. The van der Waals surface area contributed by atoms with Crippen LogP contribution >= 0.6 is 0 Å². The maximum absolute atomic E-state index is 8.74. The largest absolute Gasteiger partial charge is 1.00 e. The van der Waals surface area contributed by atoms with Crippen molar-refractivity contribution < 1.29 is 98.6 Å². The van der Waals surface area contributed by atoms with Gasteiger partial charge in [0.15, 0.2) is 0 Å². The first kappa shape index (κ1) is 30.6. The van der Waals surface area contributed by atoms with E-state index in [4.69, 9.17) is 17.5 Å². The van der Waals surface area contributed by atoms with E-state index in [2.05, 4.69) is 0 Å². The summed E-state index contributed by atoms with van der Waals surface area (Å²) in [5.41, 5.74) is 0. The third-order valence-corrected chi connectivity index (χ3v) is 0. The predicted octanol–water partition coefficient (Wildman–Crippen LogP) is -5.19. The monoisotopic (exact) mass is 226 g/mol. The van der Waals surface area contributed by atoms with Gasteiger partial charge in [0.25, 0.3) is 0 Å². The molecule has 0 aromatic heterocycles. The average molecular weight is 226 g/mol. The van der Waals surface area contributed by atoms with E-state index in [9.17, 15) is 0 Å². The van der Waals surface area contributed by atoms with Crippen molar-refractivity contribution >= 4 is 10.4 Å². The fourth-order valence-corrected chi connectivity index (χ4v) is 0. The maximum Gasteiger partial charge on any atom is 1.00 e. The summed E-state index contributed by atoms with van der Waals surface area (Å²) < 4.78 is 31.6. The van der Waals surface area contributed by atoms with E-state index < -0.39 is 10.4 Å². The third kappa shape index (κ3) is 164. The minimum absolute atomic E-state index is 0. The van der Waals surface area contributed by atoms with E-state index in [0.29, 0.717) is 0 Å². The molecular formula is H7CrKO6S. The summed E-state index contributed by atoms with van der Waals surface area (Å²) in [7, 11) is -4.67. The minimum Gasteiger partial charge on any atom is -1.00 e. The molecule has 0 unspecified atom stereocenters. The van der Waals surface area contributed by atoms with Gasteiger partial charge in [0, 0.05) is 17.4 Å². The predicted molar refractivity (Wildman–Crippen MR) is 22.5 cm³/mol. The molecule has 0 bridgehead atoms. The van der Waals surface area contributed by atoms with Crippen LogP contribution in [0.2, 0.25) is 0 Å². The normalized spacial score (nSPS) is 6.44. The Morgan fingerprint density at radius 2 is 1.11 bits per heavy atom. The Hall–Kier alpha value is 1.96. The zero-order valence-corrected chi connectivity index (χ0v) is 9.74. The molecular weight excluding hydrogens is 219 g/mol. The molecule has 0 rings (SSSR count). The summed E-state index contributed by atoms with van der Waals surface area (Å²) in [5.74, 6) is 0. The quantitative estimate of drug-likeness (QED) is 0.315. The van der Waals surface area contributed by atoms with Crippen molar-refractivity contribution in [2.45, 2.75) is 0 Å². The molecule has 0 heterocycles. The summed E-state index contributed by atoms with van der Waals surface area (Å²) in [6, 6.07) is 0. The molecule has 0 saturated carbocycles. The van der Waals surface area contributed by atoms with Gasteiger partial charge < -0.3 is 12.4 Å². The zero-order valence-electron chi connectivity index (χ0n) is 5.53. The van der Waals surface area contributed by atoms with Crippen molar-refractivity contribution in [3.8, 4) is 0 Å². The van der Waals surface area contributed by atoms with Gasteiger partial charge in [-0.15, -0.1) is 0 Å². The first-order chi connectivity index (χ1) is 2.00. The van der Waals surface area contributed by atoms with Gasteiger partial charge in [0.05, 0.1) is 0 Å². The van der Waals surface area contributed by atoms with Crippen molar-refractivity contribution in [1.29, 1.82) is 0 Å². The van der Waals surface area contributed by atoms with Crippen LogP contribution < -0.4 is 51.4 Å². The van der Waals surface area contributed by atoms with Crippen LogP contribution in [0.3, 0.4) is 0 Å². The summed E-state index contributed by atoms with van der Waals surface area (Å²) >= 11 is 0. The van der Waals surface area contributed by atoms with Crippen LogP contribution in [0.1, 0.15) is 1.43 Å². The molecule has 6 nitrogen and oxygen atoms in total. The van der Waals surface area contributed by atoms with E-state index in [1.165, 1.54) is 0 Å². The first-order valence-electron chi connectivity index (χ1n) is 0.698. The van der Waals surface area contributed by atoms with Gasteiger partial charge in [0.2, 0.25) is 0 Å². The van der Waals surface area contributed by atoms with Gasteiger partial charge in [0.1, 0.15) is 0 Å². The van der Waals surface area contributed by atoms with Crippen LogP contribution in [-0.4, -0.2) is 28.5 Å².